The van der Waals surface area contributed by atoms with Gasteiger partial charge >= 0.3 is 0 Å². The maximum Gasteiger partial charge on any atom is 0.275 e. The van der Waals surface area contributed by atoms with E-state index in [2.05, 4.69) is 4.98 Å². The monoisotopic (exact) mass is 324 g/mol. The number of nitro benzene ring substituents is 1. The Morgan fingerprint density at radius 3 is 2.30 bits per heavy atom. The lowest BCUT2D eigenvalue weighted by atomic mass is 10.1. The Balaban J connectivity index is 2.40. The quantitative estimate of drug-likeness (QED) is 0.609. The maximum atomic E-state index is 13.8. The van der Waals surface area contributed by atoms with Crippen LogP contribution in [0.5, 0.6) is 17.4 Å². The average Bonchev–Trinajstić information content (AvgIpc) is 2.50. The van der Waals surface area contributed by atoms with Crippen molar-refractivity contribution in [2.75, 3.05) is 7.11 Å². The second kappa shape index (κ2) is 6.55. The number of pyridine rings is 1. The molecule has 122 valence electrons. The van der Waals surface area contributed by atoms with E-state index in [4.69, 9.17) is 9.47 Å². The summed E-state index contributed by atoms with van der Waals surface area (Å²) in [5.74, 6) is -2.53. The van der Waals surface area contributed by atoms with Gasteiger partial charge in [0.1, 0.15) is 5.75 Å². The molecule has 2 rings (SSSR count). The zero-order valence-corrected chi connectivity index (χ0v) is 12.7. The summed E-state index contributed by atoms with van der Waals surface area (Å²) < 4.78 is 38.0. The van der Waals surface area contributed by atoms with Crippen LogP contribution in [0.4, 0.5) is 14.5 Å². The van der Waals surface area contributed by atoms with Crippen molar-refractivity contribution in [3.63, 3.8) is 0 Å². The summed E-state index contributed by atoms with van der Waals surface area (Å²) in [4.78, 5) is 13.7. The molecule has 0 fully saturated rings. The van der Waals surface area contributed by atoms with Gasteiger partial charge in [-0.3, -0.25) is 10.1 Å². The standard InChI is InChI=1S/C15H14F2N2O4/c1-8(2)11-6-10(7-18-15(11)22-3)23-14-12(16)4-9(19(20)21)5-13(14)17/h4-8H,1-3H3. The number of methoxy groups -OCH3 is 1. The second-order valence-electron chi connectivity index (χ2n) is 5.02. The van der Waals surface area contributed by atoms with E-state index in [0.29, 0.717) is 23.6 Å². The molecule has 0 aliphatic rings. The molecule has 1 aromatic heterocycles. The fraction of sp³-hybridized carbons (Fsp3) is 0.267. The van der Waals surface area contributed by atoms with Gasteiger partial charge in [-0.15, -0.1) is 0 Å². The number of hydrogen-bond donors (Lipinski definition) is 0. The van der Waals surface area contributed by atoms with Crippen LogP contribution in [0.15, 0.2) is 24.4 Å². The smallest absolute Gasteiger partial charge is 0.275 e. The summed E-state index contributed by atoms with van der Waals surface area (Å²) in [5.41, 5.74) is 0.0100. The first-order valence-electron chi connectivity index (χ1n) is 6.68. The van der Waals surface area contributed by atoms with Gasteiger partial charge in [0.05, 0.1) is 30.4 Å². The summed E-state index contributed by atoms with van der Waals surface area (Å²) >= 11 is 0. The van der Waals surface area contributed by atoms with Crippen LogP contribution in [0.2, 0.25) is 0 Å². The number of nitrogens with zero attached hydrogens (tertiary/aromatic N) is 2. The molecule has 0 spiro atoms. The van der Waals surface area contributed by atoms with Crippen molar-refractivity contribution in [3.05, 3.63) is 51.7 Å². The fourth-order valence-corrected chi connectivity index (χ4v) is 1.96. The predicted molar refractivity (Wildman–Crippen MR) is 78.0 cm³/mol. The number of ether oxygens (including phenoxy) is 2. The third kappa shape index (κ3) is 3.53. The first-order chi connectivity index (χ1) is 10.8. The predicted octanol–water partition coefficient (Wildman–Crippen LogP) is 4.19. The largest absolute Gasteiger partial charge is 0.481 e. The molecule has 2 aromatic rings. The molecule has 0 atom stereocenters. The first kappa shape index (κ1) is 16.6. The minimum Gasteiger partial charge on any atom is -0.481 e. The number of benzene rings is 1. The maximum absolute atomic E-state index is 13.8. The Morgan fingerprint density at radius 2 is 1.83 bits per heavy atom. The highest BCUT2D eigenvalue weighted by atomic mass is 19.1. The third-order valence-electron chi connectivity index (χ3n) is 3.08. The van der Waals surface area contributed by atoms with Crippen LogP contribution in [0, 0.1) is 21.7 Å². The Morgan fingerprint density at radius 1 is 1.22 bits per heavy atom. The Bertz CT molecular complexity index is 727. The molecule has 1 aromatic carbocycles. The lowest BCUT2D eigenvalue weighted by Crippen LogP contribution is -2.00. The van der Waals surface area contributed by atoms with E-state index < -0.39 is 28.0 Å². The minimum atomic E-state index is -1.17. The highest BCUT2D eigenvalue weighted by Gasteiger charge is 2.20. The van der Waals surface area contributed by atoms with Crippen molar-refractivity contribution >= 4 is 5.69 Å². The van der Waals surface area contributed by atoms with Crippen LogP contribution >= 0.6 is 0 Å². The molecule has 0 saturated heterocycles. The molecule has 6 nitrogen and oxygen atoms in total. The second-order valence-corrected chi connectivity index (χ2v) is 5.02. The Kier molecular flexibility index (Phi) is 4.73. The van der Waals surface area contributed by atoms with Crippen molar-refractivity contribution in [2.45, 2.75) is 19.8 Å². The van der Waals surface area contributed by atoms with E-state index in [1.165, 1.54) is 13.3 Å². The molecule has 0 saturated carbocycles. The molecule has 0 amide bonds. The summed E-state index contributed by atoms with van der Waals surface area (Å²) in [6.45, 7) is 3.80. The molecular formula is C15H14F2N2O4. The number of non-ortho nitro benzene ring substituents is 1. The molecule has 23 heavy (non-hydrogen) atoms. The van der Waals surface area contributed by atoms with E-state index in [1.807, 2.05) is 13.8 Å². The van der Waals surface area contributed by atoms with Crippen LogP contribution in [0.1, 0.15) is 25.3 Å². The van der Waals surface area contributed by atoms with Gasteiger partial charge in [-0.2, -0.15) is 0 Å². The summed E-state index contributed by atoms with van der Waals surface area (Å²) in [6.07, 6.45) is 1.25. The fourth-order valence-electron chi connectivity index (χ4n) is 1.96. The van der Waals surface area contributed by atoms with E-state index in [9.17, 15) is 18.9 Å². The average molecular weight is 324 g/mol. The highest BCUT2D eigenvalue weighted by Crippen LogP contribution is 2.33. The number of hydrogen-bond acceptors (Lipinski definition) is 5. The summed E-state index contributed by atoms with van der Waals surface area (Å²) in [7, 11) is 1.46. The van der Waals surface area contributed by atoms with E-state index in [1.54, 1.807) is 6.07 Å². The van der Waals surface area contributed by atoms with Gasteiger partial charge in [0.15, 0.2) is 17.4 Å². The van der Waals surface area contributed by atoms with Crippen LogP contribution < -0.4 is 9.47 Å². The van der Waals surface area contributed by atoms with E-state index >= 15 is 0 Å². The molecule has 0 aliphatic heterocycles. The molecule has 0 unspecified atom stereocenters. The van der Waals surface area contributed by atoms with Crippen molar-refractivity contribution in [3.8, 4) is 17.4 Å². The summed E-state index contributed by atoms with van der Waals surface area (Å²) in [6, 6.07) is 2.74. The van der Waals surface area contributed by atoms with Gasteiger partial charge < -0.3 is 9.47 Å². The molecule has 0 N–H and O–H groups in total. The first-order valence-corrected chi connectivity index (χ1v) is 6.68. The van der Waals surface area contributed by atoms with E-state index in [0.717, 1.165) is 0 Å². The van der Waals surface area contributed by atoms with Crippen molar-refractivity contribution < 1.29 is 23.2 Å². The van der Waals surface area contributed by atoms with Crippen LogP contribution in [0.3, 0.4) is 0 Å². The zero-order chi connectivity index (χ0) is 17.1. The molecule has 0 aliphatic carbocycles. The van der Waals surface area contributed by atoms with Gasteiger partial charge in [0.25, 0.3) is 5.69 Å². The molecule has 0 radical (unpaired) electrons. The summed E-state index contributed by atoms with van der Waals surface area (Å²) in [5, 5.41) is 10.6. The topological polar surface area (TPSA) is 74.5 Å². The molecule has 8 heteroatoms. The number of aromatic nitrogens is 1. The SMILES string of the molecule is COc1ncc(Oc2c(F)cc([N+](=O)[O-])cc2F)cc1C(C)C. The van der Waals surface area contributed by atoms with E-state index in [-0.39, 0.29) is 11.7 Å². The van der Waals surface area contributed by atoms with Crippen molar-refractivity contribution in [1.82, 2.24) is 4.98 Å². The molecular weight excluding hydrogens is 310 g/mol. The van der Waals surface area contributed by atoms with Gasteiger partial charge in [0, 0.05) is 5.56 Å². The highest BCUT2D eigenvalue weighted by molar-refractivity contribution is 5.43. The number of nitro groups is 1. The normalized spacial score (nSPS) is 10.7. The van der Waals surface area contributed by atoms with Crippen LogP contribution in [0.25, 0.3) is 0 Å². The zero-order valence-electron chi connectivity index (χ0n) is 12.7. The molecule has 1 heterocycles. The minimum absolute atomic E-state index is 0.0487. The lowest BCUT2D eigenvalue weighted by molar-refractivity contribution is -0.385. The Hall–Kier alpha value is -2.77. The van der Waals surface area contributed by atoms with Crippen molar-refractivity contribution in [2.24, 2.45) is 0 Å². The number of rotatable bonds is 5. The van der Waals surface area contributed by atoms with Crippen LogP contribution in [-0.4, -0.2) is 17.0 Å². The molecule has 0 bridgehead atoms. The lowest BCUT2D eigenvalue weighted by Gasteiger charge is -2.13. The van der Waals surface area contributed by atoms with Gasteiger partial charge in [-0.05, 0) is 12.0 Å². The van der Waals surface area contributed by atoms with Crippen molar-refractivity contribution in [1.29, 1.82) is 0 Å². The number of halogens is 2. The Labute approximate surface area is 130 Å². The van der Waals surface area contributed by atoms with Gasteiger partial charge in [-0.25, -0.2) is 13.8 Å². The van der Waals surface area contributed by atoms with Crippen LogP contribution in [-0.2, 0) is 0 Å². The van der Waals surface area contributed by atoms with Gasteiger partial charge in [0.2, 0.25) is 5.88 Å². The van der Waals surface area contributed by atoms with Gasteiger partial charge in [-0.1, -0.05) is 13.8 Å². The third-order valence-corrected chi connectivity index (χ3v) is 3.08.